The molecule has 0 bridgehead atoms. The maximum absolute atomic E-state index is 13.2. The van der Waals surface area contributed by atoms with Crippen molar-refractivity contribution in [3.05, 3.63) is 29.6 Å². The van der Waals surface area contributed by atoms with E-state index in [0.717, 1.165) is 31.4 Å². The van der Waals surface area contributed by atoms with Gasteiger partial charge in [-0.15, -0.1) is 0 Å². The van der Waals surface area contributed by atoms with Gasteiger partial charge in [0.15, 0.2) is 0 Å². The number of hydrogen-bond donors (Lipinski definition) is 1. The molecule has 1 nitrogen and oxygen atoms in total. The van der Waals surface area contributed by atoms with E-state index in [1.807, 2.05) is 0 Å². The molecule has 1 aliphatic carbocycles. The minimum Gasteiger partial charge on any atom is -0.382 e. The molecule has 3 atom stereocenters. The van der Waals surface area contributed by atoms with Crippen LogP contribution in [0.2, 0.25) is 0 Å². The highest BCUT2D eigenvalue weighted by Gasteiger charge is 2.34. The van der Waals surface area contributed by atoms with Gasteiger partial charge in [-0.3, -0.25) is 0 Å². The third-order valence-corrected chi connectivity index (χ3v) is 4.33. The number of nitrogens with one attached hydrogen (secondary N) is 1. The molecule has 0 heterocycles. The summed E-state index contributed by atoms with van der Waals surface area (Å²) in [5.41, 5.74) is -0.872. The third kappa shape index (κ3) is 3.25. The molecule has 0 aliphatic heterocycles. The molecule has 112 valence electrons. The predicted octanol–water partition coefficient (Wildman–Crippen LogP) is 5.08. The Morgan fingerprint density at radius 2 is 1.85 bits per heavy atom. The second kappa shape index (κ2) is 5.62. The monoisotopic (exact) mass is 289 g/mol. The van der Waals surface area contributed by atoms with E-state index in [0.29, 0.717) is 17.5 Å². The zero-order valence-corrected chi connectivity index (χ0v) is 11.6. The summed E-state index contributed by atoms with van der Waals surface area (Å²) >= 11 is 0. The number of anilines is 1. The maximum atomic E-state index is 13.2. The number of halogens is 4. The van der Waals surface area contributed by atoms with Crippen molar-refractivity contribution >= 4 is 5.69 Å². The van der Waals surface area contributed by atoms with Gasteiger partial charge in [0.25, 0.3) is 0 Å². The minimum absolute atomic E-state index is 0.144. The first kappa shape index (κ1) is 15.1. The lowest BCUT2D eigenvalue weighted by Gasteiger charge is -2.35. The number of benzene rings is 1. The van der Waals surface area contributed by atoms with Crippen molar-refractivity contribution in [1.82, 2.24) is 0 Å². The first-order valence-electron chi connectivity index (χ1n) is 6.92. The molecule has 1 N–H and O–H groups in total. The van der Waals surface area contributed by atoms with Crippen LogP contribution >= 0.6 is 0 Å². The van der Waals surface area contributed by atoms with Gasteiger partial charge in [-0.1, -0.05) is 26.7 Å². The van der Waals surface area contributed by atoms with Crippen molar-refractivity contribution in [1.29, 1.82) is 0 Å². The quantitative estimate of drug-likeness (QED) is 0.748. The highest BCUT2D eigenvalue weighted by molar-refractivity contribution is 5.48. The van der Waals surface area contributed by atoms with Gasteiger partial charge < -0.3 is 5.32 Å². The molecule has 2 rings (SSSR count). The van der Waals surface area contributed by atoms with Crippen LogP contribution in [-0.2, 0) is 6.18 Å². The Morgan fingerprint density at radius 1 is 1.15 bits per heavy atom. The highest BCUT2D eigenvalue weighted by atomic mass is 19.4. The third-order valence-electron chi connectivity index (χ3n) is 4.33. The molecule has 3 unspecified atom stereocenters. The Kier molecular flexibility index (Phi) is 4.25. The van der Waals surface area contributed by atoms with E-state index in [1.54, 1.807) is 0 Å². The van der Waals surface area contributed by atoms with Crippen LogP contribution in [0.1, 0.15) is 38.7 Å². The lowest BCUT2D eigenvalue weighted by Crippen LogP contribution is -2.35. The average Bonchev–Trinajstić information content (AvgIpc) is 2.36. The fourth-order valence-electron chi connectivity index (χ4n) is 2.83. The Morgan fingerprint density at radius 3 is 2.50 bits per heavy atom. The fraction of sp³-hybridized carbons (Fsp3) is 0.600. The van der Waals surface area contributed by atoms with Crippen molar-refractivity contribution in [3.63, 3.8) is 0 Å². The molecule has 1 aromatic rings. The van der Waals surface area contributed by atoms with E-state index < -0.39 is 17.6 Å². The summed E-state index contributed by atoms with van der Waals surface area (Å²) in [6.45, 7) is 4.26. The topological polar surface area (TPSA) is 12.0 Å². The van der Waals surface area contributed by atoms with Gasteiger partial charge in [-0.05, 0) is 36.5 Å². The van der Waals surface area contributed by atoms with Gasteiger partial charge in [0.05, 0.1) is 5.56 Å². The predicted molar refractivity (Wildman–Crippen MR) is 71.0 cm³/mol. The van der Waals surface area contributed by atoms with Gasteiger partial charge >= 0.3 is 6.18 Å². The summed E-state index contributed by atoms with van der Waals surface area (Å²) in [5.74, 6) is -0.292. The Balaban J connectivity index is 2.18. The standard InChI is InChI=1S/C15H19F4N/c1-9-4-3-5-14(10(9)2)20-11-6-7-13(16)12(8-11)15(17,18)19/h6-10,14,20H,3-5H2,1-2H3. The second-order valence-corrected chi connectivity index (χ2v) is 5.71. The summed E-state index contributed by atoms with van der Waals surface area (Å²) in [5, 5.41) is 3.13. The van der Waals surface area contributed by atoms with Crippen LogP contribution in [0.3, 0.4) is 0 Å². The normalized spacial score (nSPS) is 27.4. The first-order chi connectivity index (χ1) is 9.29. The van der Waals surface area contributed by atoms with Gasteiger partial charge in [0, 0.05) is 11.7 Å². The number of alkyl halides is 3. The van der Waals surface area contributed by atoms with E-state index in [9.17, 15) is 17.6 Å². The van der Waals surface area contributed by atoms with Gasteiger partial charge in [-0.2, -0.15) is 13.2 Å². The number of rotatable bonds is 2. The van der Waals surface area contributed by atoms with E-state index >= 15 is 0 Å². The lowest BCUT2D eigenvalue weighted by atomic mass is 9.78. The van der Waals surface area contributed by atoms with Gasteiger partial charge in [-0.25, -0.2) is 4.39 Å². The van der Waals surface area contributed by atoms with Crippen LogP contribution in [0.15, 0.2) is 18.2 Å². The molecule has 1 aliphatic rings. The van der Waals surface area contributed by atoms with Crippen LogP contribution < -0.4 is 5.32 Å². The maximum Gasteiger partial charge on any atom is 0.419 e. The molecule has 0 aromatic heterocycles. The molecule has 0 amide bonds. The molecule has 0 spiro atoms. The lowest BCUT2D eigenvalue weighted by molar-refractivity contribution is -0.139. The van der Waals surface area contributed by atoms with Crippen LogP contribution in [0.4, 0.5) is 23.2 Å². The van der Waals surface area contributed by atoms with Crippen LogP contribution in [0.25, 0.3) is 0 Å². The molecule has 1 aromatic carbocycles. The molecule has 0 saturated heterocycles. The summed E-state index contributed by atoms with van der Waals surface area (Å²) in [4.78, 5) is 0. The second-order valence-electron chi connectivity index (χ2n) is 5.71. The van der Waals surface area contributed by atoms with Crippen LogP contribution in [-0.4, -0.2) is 6.04 Å². The van der Waals surface area contributed by atoms with Crippen LogP contribution in [0.5, 0.6) is 0 Å². The SMILES string of the molecule is CC1CCCC(Nc2ccc(F)c(C(F)(F)F)c2)C1C. The van der Waals surface area contributed by atoms with Crippen molar-refractivity contribution in [2.24, 2.45) is 11.8 Å². The Labute approximate surface area is 116 Å². The van der Waals surface area contributed by atoms with E-state index in [2.05, 4.69) is 19.2 Å². The molecule has 5 heteroatoms. The number of hydrogen-bond acceptors (Lipinski definition) is 1. The largest absolute Gasteiger partial charge is 0.419 e. The highest BCUT2D eigenvalue weighted by Crippen LogP contribution is 2.35. The molecule has 1 saturated carbocycles. The Hall–Kier alpha value is -1.26. The van der Waals surface area contributed by atoms with Gasteiger partial charge in [0.2, 0.25) is 0 Å². The zero-order valence-electron chi connectivity index (χ0n) is 11.6. The molecule has 0 radical (unpaired) electrons. The molecule has 1 fully saturated rings. The Bertz CT molecular complexity index is 469. The summed E-state index contributed by atoms with van der Waals surface area (Å²) < 4.78 is 51.3. The van der Waals surface area contributed by atoms with E-state index in [4.69, 9.17) is 0 Å². The molecule has 20 heavy (non-hydrogen) atoms. The average molecular weight is 289 g/mol. The molecular formula is C15H19F4N. The van der Waals surface area contributed by atoms with Crippen molar-refractivity contribution in [2.45, 2.75) is 45.3 Å². The molecular weight excluding hydrogens is 270 g/mol. The summed E-state index contributed by atoms with van der Waals surface area (Å²) in [6, 6.07) is 3.25. The smallest absolute Gasteiger partial charge is 0.382 e. The zero-order chi connectivity index (χ0) is 14.9. The van der Waals surface area contributed by atoms with Crippen molar-refractivity contribution < 1.29 is 17.6 Å². The first-order valence-corrected chi connectivity index (χ1v) is 6.92. The van der Waals surface area contributed by atoms with E-state index in [-0.39, 0.29) is 6.04 Å². The van der Waals surface area contributed by atoms with Crippen molar-refractivity contribution in [2.75, 3.05) is 5.32 Å². The van der Waals surface area contributed by atoms with Gasteiger partial charge in [0.1, 0.15) is 5.82 Å². The van der Waals surface area contributed by atoms with Crippen LogP contribution in [0, 0.1) is 17.7 Å². The van der Waals surface area contributed by atoms with E-state index in [1.165, 1.54) is 6.07 Å². The van der Waals surface area contributed by atoms with Crippen molar-refractivity contribution in [3.8, 4) is 0 Å². The summed E-state index contributed by atoms with van der Waals surface area (Å²) in [6.07, 6.45) is -1.51. The fourth-order valence-corrected chi connectivity index (χ4v) is 2.83. The summed E-state index contributed by atoms with van der Waals surface area (Å²) in [7, 11) is 0. The minimum atomic E-state index is -4.66.